The van der Waals surface area contributed by atoms with E-state index in [1.54, 1.807) is 18.3 Å². The Morgan fingerprint density at radius 1 is 1.19 bits per heavy atom. The maximum Gasteiger partial charge on any atom is 0.191 e. The van der Waals surface area contributed by atoms with Crippen molar-refractivity contribution in [3.05, 3.63) is 48.5 Å². The predicted molar refractivity (Wildman–Crippen MR) is 117 cm³/mol. The summed E-state index contributed by atoms with van der Waals surface area (Å²) in [7, 11) is 0. The zero-order valence-corrected chi connectivity index (χ0v) is 18.1. The highest BCUT2D eigenvalue weighted by Gasteiger charge is 1.98. The van der Waals surface area contributed by atoms with E-state index in [1.165, 1.54) is 12.1 Å². The first-order valence-corrected chi connectivity index (χ1v) is 9.16. The van der Waals surface area contributed by atoms with E-state index < -0.39 is 0 Å². The van der Waals surface area contributed by atoms with Gasteiger partial charge < -0.3 is 15.4 Å². The first-order valence-electron chi connectivity index (χ1n) is 9.16. The van der Waals surface area contributed by atoms with Crippen molar-refractivity contribution in [2.45, 2.75) is 32.7 Å². The molecule has 0 saturated heterocycles. The van der Waals surface area contributed by atoms with Gasteiger partial charge in [0.2, 0.25) is 0 Å². The zero-order chi connectivity index (χ0) is 18.5. The van der Waals surface area contributed by atoms with Crippen LogP contribution in [-0.2, 0) is 6.54 Å². The number of nitrogens with one attached hydrogen (secondary N) is 2. The minimum Gasteiger partial charge on any atom is -0.494 e. The second-order valence-corrected chi connectivity index (χ2v) is 5.82. The second kappa shape index (κ2) is 14.2. The molecule has 0 bridgehead atoms. The fourth-order valence-electron chi connectivity index (χ4n) is 2.35. The summed E-state index contributed by atoms with van der Waals surface area (Å²) in [5.41, 5.74) is 0. The first kappa shape index (κ1) is 23.2. The number of aliphatic imine (C=N–C) groups is 1. The Morgan fingerprint density at radius 2 is 2.00 bits per heavy atom. The van der Waals surface area contributed by atoms with Gasteiger partial charge in [-0.2, -0.15) is 5.10 Å². The molecular weight excluding hydrogens is 460 g/mol. The second-order valence-electron chi connectivity index (χ2n) is 5.82. The van der Waals surface area contributed by atoms with E-state index in [0.29, 0.717) is 12.4 Å². The molecule has 0 atom stereocenters. The Hall–Kier alpha value is -1.84. The molecular formula is C19H29FIN5O. The van der Waals surface area contributed by atoms with Crippen molar-refractivity contribution < 1.29 is 9.13 Å². The third-order valence-corrected chi connectivity index (χ3v) is 3.66. The van der Waals surface area contributed by atoms with Gasteiger partial charge in [-0.25, -0.2) is 4.39 Å². The van der Waals surface area contributed by atoms with Crippen molar-refractivity contribution in [2.24, 2.45) is 4.99 Å². The molecule has 150 valence electrons. The molecule has 0 fully saturated rings. The van der Waals surface area contributed by atoms with Gasteiger partial charge in [0, 0.05) is 38.6 Å². The van der Waals surface area contributed by atoms with Gasteiger partial charge in [-0.1, -0.05) is 0 Å². The van der Waals surface area contributed by atoms with Gasteiger partial charge >= 0.3 is 0 Å². The van der Waals surface area contributed by atoms with Crippen molar-refractivity contribution >= 4 is 29.9 Å². The van der Waals surface area contributed by atoms with Gasteiger partial charge in [0.05, 0.1) is 6.61 Å². The lowest BCUT2D eigenvalue weighted by Gasteiger charge is -2.11. The minimum absolute atomic E-state index is 0. The van der Waals surface area contributed by atoms with Crippen molar-refractivity contribution in [3.8, 4) is 5.75 Å². The summed E-state index contributed by atoms with van der Waals surface area (Å²) in [6.45, 7) is 5.96. The highest BCUT2D eigenvalue weighted by Crippen LogP contribution is 2.11. The third kappa shape index (κ3) is 10.2. The molecule has 0 amide bonds. The summed E-state index contributed by atoms with van der Waals surface area (Å²) >= 11 is 0. The maximum absolute atomic E-state index is 12.8. The molecule has 2 rings (SSSR count). The number of unbranched alkanes of at least 4 members (excludes halogenated alkanes) is 1. The number of aromatic nitrogens is 2. The normalized spacial score (nSPS) is 11.0. The average Bonchev–Trinajstić information content (AvgIpc) is 3.16. The van der Waals surface area contributed by atoms with Gasteiger partial charge in [-0.05, 0) is 56.5 Å². The van der Waals surface area contributed by atoms with Gasteiger partial charge in [0.25, 0.3) is 0 Å². The summed E-state index contributed by atoms with van der Waals surface area (Å²) in [6, 6.07) is 8.03. The van der Waals surface area contributed by atoms with Crippen LogP contribution < -0.4 is 15.4 Å². The van der Waals surface area contributed by atoms with Crippen LogP contribution in [0.1, 0.15) is 26.2 Å². The largest absolute Gasteiger partial charge is 0.494 e. The van der Waals surface area contributed by atoms with E-state index in [9.17, 15) is 4.39 Å². The molecule has 2 aromatic rings. The number of ether oxygens (including phenoxy) is 1. The van der Waals surface area contributed by atoms with Crippen LogP contribution in [0.15, 0.2) is 47.7 Å². The molecule has 0 unspecified atom stereocenters. The summed E-state index contributed by atoms with van der Waals surface area (Å²) < 4.78 is 20.3. The quantitative estimate of drug-likeness (QED) is 0.220. The van der Waals surface area contributed by atoms with E-state index in [0.717, 1.165) is 51.4 Å². The standard InChI is InChI=1S/C19H28FN5O.HI/c1-2-21-19(23-12-5-14-25-15-6-13-24-25)22-11-3-4-16-26-18-9-7-17(20)8-10-18;/h6-10,13,15H,2-5,11-12,14,16H2,1H3,(H2,21,22,23);1H. The minimum atomic E-state index is -0.249. The van der Waals surface area contributed by atoms with Crippen LogP contribution in [0.2, 0.25) is 0 Å². The van der Waals surface area contributed by atoms with Gasteiger partial charge in [-0.15, -0.1) is 24.0 Å². The van der Waals surface area contributed by atoms with Gasteiger partial charge in [0.1, 0.15) is 11.6 Å². The number of hydrogen-bond donors (Lipinski definition) is 2. The lowest BCUT2D eigenvalue weighted by atomic mass is 10.3. The van der Waals surface area contributed by atoms with Crippen LogP contribution in [-0.4, -0.2) is 42.0 Å². The SMILES string of the molecule is CCNC(=NCCCn1cccn1)NCCCCOc1ccc(F)cc1.I. The Bertz CT molecular complexity index is 634. The van der Waals surface area contributed by atoms with Gasteiger partial charge in [-0.3, -0.25) is 9.67 Å². The Labute approximate surface area is 177 Å². The fourth-order valence-corrected chi connectivity index (χ4v) is 2.35. The Kier molecular flexibility index (Phi) is 12.2. The van der Waals surface area contributed by atoms with Crippen molar-refractivity contribution in [1.29, 1.82) is 0 Å². The molecule has 2 N–H and O–H groups in total. The lowest BCUT2D eigenvalue weighted by Crippen LogP contribution is -2.38. The number of rotatable bonds is 11. The van der Waals surface area contributed by atoms with E-state index >= 15 is 0 Å². The highest BCUT2D eigenvalue weighted by atomic mass is 127. The van der Waals surface area contributed by atoms with Crippen LogP contribution in [0.4, 0.5) is 4.39 Å². The van der Waals surface area contributed by atoms with E-state index in [1.807, 2.05) is 16.9 Å². The van der Waals surface area contributed by atoms with Crippen molar-refractivity contribution in [3.63, 3.8) is 0 Å². The molecule has 27 heavy (non-hydrogen) atoms. The van der Waals surface area contributed by atoms with Crippen LogP contribution >= 0.6 is 24.0 Å². The molecule has 0 radical (unpaired) electrons. The maximum atomic E-state index is 12.8. The van der Waals surface area contributed by atoms with E-state index in [2.05, 4.69) is 27.6 Å². The summed E-state index contributed by atoms with van der Waals surface area (Å²) in [5, 5.41) is 10.8. The van der Waals surface area contributed by atoms with Crippen LogP contribution in [0, 0.1) is 5.82 Å². The molecule has 1 aromatic carbocycles. The number of nitrogens with zero attached hydrogens (tertiary/aromatic N) is 3. The topological polar surface area (TPSA) is 63.5 Å². The van der Waals surface area contributed by atoms with Crippen molar-refractivity contribution in [1.82, 2.24) is 20.4 Å². The molecule has 0 spiro atoms. The molecule has 1 aromatic heterocycles. The van der Waals surface area contributed by atoms with Crippen LogP contribution in [0.25, 0.3) is 0 Å². The molecule has 8 heteroatoms. The number of aryl methyl sites for hydroxylation is 1. The average molecular weight is 489 g/mol. The summed E-state index contributed by atoms with van der Waals surface area (Å²) in [4.78, 5) is 4.57. The zero-order valence-electron chi connectivity index (χ0n) is 15.7. The number of halogens is 2. The summed E-state index contributed by atoms with van der Waals surface area (Å²) in [6.07, 6.45) is 6.58. The van der Waals surface area contributed by atoms with Gasteiger partial charge in [0.15, 0.2) is 5.96 Å². The van der Waals surface area contributed by atoms with E-state index in [4.69, 9.17) is 4.74 Å². The number of guanidine groups is 1. The van der Waals surface area contributed by atoms with Crippen LogP contribution in [0.5, 0.6) is 5.75 Å². The predicted octanol–water partition coefficient (Wildman–Crippen LogP) is 3.44. The van der Waals surface area contributed by atoms with Crippen LogP contribution in [0.3, 0.4) is 0 Å². The third-order valence-electron chi connectivity index (χ3n) is 3.66. The molecule has 1 heterocycles. The number of hydrogen-bond acceptors (Lipinski definition) is 3. The fraction of sp³-hybridized carbons (Fsp3) is 0.474. The molecule has 6 nitrogen and oxygen atoms in total. The molecule has 0 aliphatic carbocycles. The lowest BCUT2D eigenvalue weighted by molar-refractivity contribution is 0.306. The molecule has 0 saturated carbocycles. The highest BCUT2D eigenvalue weighted by molar-refractivity contribution is 14.0. The Balaban J connectivity index is 0.00000364. The monoisotopic (exact) mass is 489 g/mol. The smallest absolute Gasteiger partial charge is 0.191 e. The molecule has 0 aliphatic rings. The first-order chi connectivity index (χ1) is 12.8. The number of benzene rings is 1. The summed E-state index contributed by atoms with van der Waals surface area (Å²) in [5.74, 6) is 1.29. The van der Waals surface area contributed by atoms with Crippen molar-refractivity contribution in [2.75, 3.05) is 26.2 Å². The Morgan fingerprint density at radius 3 is 2.70 bits per heavy atom. The van der Waals surface area contributed by atoms with E-state index in [-0.39, 0.29) is 29.8 Å². The molecule has 0 aliphatic heterocycles.